The van der Waals surface area contributed by atoms with Gasteiger partial charge in [0.2, 0.25) is 0 Å². The summed E-state index contributed by atoms with van der Waals surface area (Å²) in [6, 6.07) is 16.8. The van der Waals surface area contributed by atoms with Crippen molar-refractivity contribution in [2.75, 3.05) is 19.1 Å². The Balaban J connectivity index is 1.95. The molecule has 1 fully saturated rings. The first-order chi connectivity index (χ1) is 17.7. The third kappa shape index (κ3) is 4.89. The number of aliphatic hydroxyl groups excluding tert-OH is 1. The van der Waals surface area contributed by atoms with Gasteiger partial charge in [-0.15, -0.1) is 0 Å². The van der Waals surface area contributed by atoms with E-state index in [1.807, 2.05) is 45.9 Å². The molecule has 0 aliphatic carbocycles. The summed E-state index contributed by atoms with van der Waals surface area (Å²) in [6.45, 7) is 7.52. The molecule has 192 valence electrons. The summed E-state index contributed by atoms with van der Waals surface area (Å²) in [7, 11) is 3.13. The van der Waals surface area contributed by atoms with Gasteiger partial charge in [-0.2, -0.15) is 0 Å². The molecule has 1 heterocycles. The van der Waals surface area contributed by atoms with Gasteiger partial charge in [0, 0.05) is 11.3 Å². The van der Waals surface area contributed by atoms with Gasteiger partial charge in [0.25, 0.3) is 11.7 Å². The zero-order valence-electron chi connectivity index (χ0n) is 21.9. The fourth-order valence-corrected chi connectivity index (χ4v) is 4.60. The van der Waals surface area contributed by atoms with Crippen molar-refractivity contribution in [3.8, 4) is 17.2 Å². The molecule has 1 N–H and O–H groups in total. The van der Waals surface area contributed by atoms with Crippen LogP contribution in [-0.4, -0.2) is 37.1 Å². The summed E-state index contributed by atoms with van der Waals surface area (Å²) in [5.41, 5.74) is 3.12. The highest BCUT2D eigenvalue weighted by atomic mass is 16.5. The summed E-state index contributed by atoms with van der Waals surface area (Å²) < 4.78 is 16.5. The molecule has 7 heteroatoms. The number of ketones is 1. The van der Waals surface area contributed by atoms with Gasteiger partial charge in [0.15, 0.2) is 0 Å². The predicted molar refractivity (Wildman–Crippen MR) is 142 cm³/mol. The molecule has 4 rings (SSSR count). The lowest BCUT2D eigenvalue weighted by atomic mass is 9.93. The average molecular weight is 502 g/mol. The second kappa shape index (κ2) is 10.4. The van der Waals surface area contributed by atoms with Crippen molar-refractivity contribution >= 4 is 23.1 Å². The van der Waals surface area contributed by atoms with E-state index in [-0.39, 0.29) is 17.4 Å². The lowest BCUT2D eigenvalue weighted by molar-refractivity contribution is -0.132. The Morgan fingerprint density at radius 3 is 2.22 bits per heavy atom. The van der Waals surface area contributed by atoms with Crippen molar-refractivity contribution in [2.45, 2.75) is 39.8 Å². The van der Waals surface area contributed by atoms with E-state index in [1.54, 1.807) is 56.7 Å². The fourth-order valence-electron chi connectivity index (χ4n) is 4.60. The monoisotopic (exact) mass is 501 g/mol. The van der Waals surface area contributed by atoms with Gasteiger partial charge in [-0.25, -0.2) is 0 Å². The quantitative estimate of drug-likeness (QED) is 0.253. The van der Waals surface area contributed by atoms with Crippen molar-refractivity contribution in [1.29, 1.82) is 0 Å². The van der Waals surface area contributed by atoms with Crippen LogP contribution in [0.5, 0.6) is 17.2 Å². The van der Waals surface area contributed by atoms with E-state index < -0.39 is 17.7 Å². The van der Waals surface area contributed by atoms with Crippen molar-refractivity contribution in [3.05, 3.63) is 88.5 Å². The molecule has 1 aliphatic heterocycles. The largest absolute Gasteiger partial charge is 0.507 e. The first kappa shape index (κ1) is 25.8. The lowest BCUT2D eigenvalue weighted by Crippen LogP contribution is -2.29. The number of ether oxygens (including phenoxy) is 3. The molecule has 37 heavy (non-hydrogen) atoms. The molecule has 7 nitrogen and oxygen atoms in total. The summed E-state index contributed by atoms with van der Waals surface area (Å²) in [5.74, 6) is 0.162. The molecule has 1 amide bonds. The second-order valence-corrected chi connectivity index (χ2v) is 9.24. The van der Waals surface area contributed by atoms with Gasteiger partial charge < -0.3 is 19.3 Å². The van der Waals surface area contributed by atoms with Crippen LogP contribution < -0.4 is 19.1 Å². The van der Waals surface area contributed by atoms with Crippen LogP contribution in [0.25, 0.3) is 5.76 Å². The number of carbonyl (C=O) groups excluding carboxylic acids is 2. The van der Waals surface area contributed by atoms with Crippen LogP contribution >= 0.6 is 0 Å². The van der Waals surface area contributed by atoms with Crippen LogP contribution in [0.3, 0.4) is 0 Å². The van der Waals surface area contributed by atoms with Gasteiger partial charge in [-0.1, -0.05) is 12.1 Å². The SMILES string of the molecule is COc1ccc(N2C(=O)C(=O)/C(=C(/O)c3cc(C)c(OC)cc3C)C2c2cccc(OC(C)C)c2)cc1. The Morgan fingerprint density at radius 1 is 0.892 bits per heavy atom. The Labute approximate surface area is 216 Å². The third-order valence-corrected chi connectivity index (χ3v) is 6.34. The van der Waals surface area contributed by atoms with Gasteiger partial charge in [0.1, 0.15) is 23.0 Å². The van der Waals surface area contributed by atoms with E-state index in [2.05, 4.69) is 0 Å². The van der Waals surface area contributed by atoms with Gasteiger partial charge >= 0.3 is 0 Å². The number of aliphatic hydroxyl groups is 1. The van der Waals surface area contributed by atoms with Crippen LogP contribution in [0.2, 0.25) is 0 Å². The van der Waals surface area contributed by atoms with Crippen molar-refractivity contribution < 1.29 is 28.9 Å². The van der Waals surface area contributed by atoms with Crippen LogP contribution in [0, 0.1) is 13.8 Å². The van der Waals surface area contributed by atoms with E-state index in [1.165, 1.54) is 4.90 Å². The molecular formula is C30H31NO6. The number of hydrogen-bond donors (Lipinski definition) is 1. The number of anilines is 1. The standard InChI is InChI=1S/C30H31NO6/c1-17(2)37-23-9-7-8-20(16-23)27-26(28(32)24-14-19(4)25(36-6)15-18(24)3)29(33)30(34)31(27)21-10-12-22(35-5)13-11-21/h7-17,27,32H,1-6H3/b28-26+. The van der Waals surface area contributed by atoms with Crippen molar-refractivity contribution in [3.63, 3.8) is 0 Å². The van der Waals surface area contributed by atoms with E-state index in [0.717, 1.165) is 5.56 Å². The molecule has 0 saturated carbocycles. The highest BCUT2D eigenvalue weighted by Crippen LogP contribution is 2.44. The molecule has 0 bridgehead atoms. The number of benzene rings is 3. The molecule has 0 aromatic heterocycles. The first-order valence-corrected chi connectivity index (χ1v) is 12.0. The van der Waals surface area contributed by atoms with Gasteiger partial charge in [-0.05, 0) is 92.9 Å². The Hall–Kier alpha value is -4.26. The number of hydrogen-bond acceptors (Lipinski definition) is 6. The summed E-state index contributed by atoms with van der Waals surface area (Å²) in [6.07, 6.45) is -0.0619. The molecular weight excluding hydrogens is 470 g/mol. The van der Waals surface area contributed by atoms with E-state index in [0.29, 0.717) is 39.6 Å². The minimum absolute atomic E-state index is 0.00943. The third-order valence-electron chi connectivity index (χ3n) is 6.34. The maximum Gasteiger partial charge on any atom is 0.300 e. The number of nitrogens with zero attached hydrogens (tertiary/aromatic N) is 1. The van der Waals surface area contributed by atoms with Crippen LogP contribution in [0.15, 0.2) is 66.2 Å². The number of amides is 1. The summed E-state index contributed by atoms with van der Waals surface area (Å²) in [4.78, 5) is 28.4. The summed E-state index contributed by atoms with van der Waals surface area (Å²) in [5, 5.41) is 11.6. The van der Waals surface area contributed by atoms with E-state index in [4.69, 9.17) is 14.2 Å². The molecule has 1 saturated heterocycles. The summed E-state index contributed by atoms with van der Waals surface area (Å²) >= 11 is 0. The zero-order chi connectivity index (χ0) is 26.9. The number of methoxy groups -OCH3 is 2. The Morgan fingerprint density at radius 2 is 1.59 bits per heavy atom. The number of rotatable bonds is 7. The Kier molecular flexibility index (Phi) is 7.25. The lowest BCUT2D eigenvalue weighted by Gasteiger charge is -2.26. The second-order valence-electron chi connectivity index (χ2n) is 9.24. The zero-order valence-corrected chi connectivity index (χ0v) is 21.9. The Bertz CT molecular complexity index is 1370. The number of Topliss-reactive ketones (excluding diaryl/α,β-unsaturated/α-hetero) is 1. The molecule has 3 aromatic carbocycles. The molecule has 0 radical (unpaired) electrons. The minimum Gasteiger partial charge on any atom is -0.507 e. The van der Waals surface area contributed by atoms with Crippen LogP contribution in [0.1, 0.15) is 42.1 Å². The number of carbonyl (C=O) groups is 2. The topological polar surface area (TPSA) is 85.3 Å². The van der Waals surface area contributed by atoms with Crippen LogP contribution in [-0.2, 0) is 9.59 Å². The number of aryl methyl sites for hydroxylation is 2. The minimum atomic E-state index is -0.870. The van der Waals surface area contributed by atoms with Crippen LogP contribution in [0.4, 0.5) is 5.69 Å². The van der Waals surface area contributed by atoms with Gasteiger partial charge in [-0.3, -0.25) is 14.5 Å². The fraction of sp³-hybridized carbons (Fsp3) is 0.267. The van der Waals surface area contributed by atoms with Crippen molar-refractivity contribution in [1.82, 2.24) is 0 Å². The molecule has 1 aliphatic rings. The van der Waals surface area contributed by atoms with E-state index >= 15 is 0 Å². The average Bonchev–Trinajstić information content (AvgIpc) is 3.14. The highest BCUT2D eigenvalue weighted by Gasteiger charge is 2.47. The maximum absolute atomic E-state index is 13.5. The molecule has 0 spiro atoms. The molecule has 1 unspecified atom stereocenters. The normalized spacial score (nSPS) is 16.8. The van der Waals surface area contributed by atoms with Gasteiger partial charge in [0.05, 0.1) is 31.9 Å². The maximum atomic E-state index is 13.5. The van der Waals surface area contributed by atoms with E-state index in [9.17, 15) is 14.7 Å². The highest BCUT2D eigenvalue weighted by molar-refractivity contribution is 6.51. The predicted octanol–water partition coefficient (Wildman–Crippen LogP) is 5.73. The molecule has 3 aromatic rings. The van der Waals surface area contributed by atoms with Crippen molar-refractivity contribution in [2.24, 2.45) is 0 Å². The smallest absolute Gasteiger partial charge is 0.300 e. The molecule has 1 atom stereocenters. The first-order valence-electron chi connectivity index (χ1n) is 12.0.